The molecule has 1 aromatic carbocycles. The standard InChI is InChI=1S/C12H17NO2/c1-11(2,12(3,4)13(14)15)10-8-6-5-7-9-10/h5-9H,1-4H3. The molecule has 0 aliphatic rings. The first-order valence-electron chi connectivity index (χ1n) is 5.00. The smallest absolute Gasteiger partial charge is 0.225 e. The van der Waals surface area contributed by atoms with Gasteiger partial charge < -0.3 is 0 Å². The van der Waals surface area contributed by atoms with E-state index in [0.717, 1.165) is 5.56 Å². The molecule has 1 rings (SSSR count). The molecule has 0 amide bonds. The highest BCUT2D eigenvalue weighted by Gasteiger charge is 2.48. The van der Waals surface area contributed by atoms with Gasteiger partial charge in [-0.3, -0.25) is 10.1 Å². The molecular weight excluding hydrogens is 190 g/mol. The maximum atomic E-state index is 11.0. The molecule has 0 fully saturated rings. The summed E-state index contributed by atoms with van der Waals surface area (Å²) in [5.41, 5.74) is -0.474. The zero-order valence-corrected chi connectivity index (χ0v) is 9.65. The SMILES string of the molecule is CC(C)(c1ccccc1)C(C)(C)[N+](=O)[O-]. The van der Waals surface area contributed by atoms with Crippen LogP contribution in [-0.2, 0) is 5.41 Å². The third-order valence-corrected chi connectivity index (χ3v) is 3.48. The Balaban J connectivity index is 3.19. The van der Waals surface area contributed by atoms with Crippen molar-refractivity contribution in [2.75, 3.05) is 0 Å². The fraction of sp³-hybridized carbons (Fsp3) is 0.500. The Kier molecular flexibility index (Phi) is 2.84. The Hall–Kier alpha value is -1.38. The molecule has 0 aliphatic heterocycles. The topological polar surface area (TPSA) is 43.1 Å². The molecule has 1 aromatic rings. The van der Waals surface area contributed by atoms with Gasteiger partial charge in [0.25, 0.3) is 0 Å². The maximum absolute atomic E-state index is 11.0. The summed E-state index contributed by atoms with van der Waals surface area (Å²) in [6.07, 6.45) is 0. The second kappa shape index (κ2) is 3.65. The monoisotopic (exact) mass is 207 g/mol. The molecule has 82 valence electrons. The van der Waals surface area contributed by atoms with Crippen LogP contribution in [0.5, 0.6) is 0 Å². The molecule has 0 spiro atoms. The zero-order chi connectivity index (χ0) is 11.7. The normalized spacial score (nSPS) is 12.5. The summed E-state index contributed by atoms with van der Waals surface area (Å²) in [7, 11) is 0. The first-order chi connectivity index (χ1) is 6.80. The first-order valence-corrected chi connectivity index (χ1v) is 5.00. The molecule has 15 heavy (non-hydrogen) atoms. The first kappa shape index (κ1) is 11.7. The number of nitrogens with zero attached hydrogens (tertiary/aromatic N) is 1. The van der Waals surface area contributed by atoms with Crippen molar-refractivity contribution >= 4 is 0 Å². The van der Waals surface area contributed by atoms with Crippen molar-refractivity contribution in [2.45, 2.75) is 38.6 Å². The lowest BCUT2D eigenvalue weighted by atomic mass is 9.70. The van der Waals surface area contributed by atoms with Crippen molar-refractivity contribution in [2.24, 2.45) is 0 Å². The van der Waals surface area contributed by atoms with Crippen LogP contribution in [0, 0.1) is 10.1 Å². The lowest BCUT2D eigenvalue weighted by Gasteiger charge is -2.34. The summed E-state index contributed by atoms with van der Waals surface area (Å²) < 4.78 is 0. The van der Waals surface area contributed by atoms with Gasteiger partial charge in [0.1, 0.15) is 0 Å². The predicted octanol–water partition coefficient (Wildman–Crippen LogP) is 3.02. The Labute approximate surface area is 90.3 Å². The number of benzene rings is 1. The highest BCUT2D eigenvalue weighted by molar-refractivity contribution is 5.26. The Morgan fingerprint density at radius 3 is 1.93 bits per heavy atom. The van der Waals surface area contributed by atoms with E-state index in [4.69, 9.17) is 0 Å². The quantitative estimate of drug-likeness (QED) is 0.564. The van der Waals surface area contributed by atoms with E-state index in [1.807, 2.05) is 44.2 Å². The van der Waals surface area contributed by atoms with Crippen molar-refractivity contribution in [3.8, 4) is 0 Å². The van der Waals surface area contributed by atoms with Gasteiger partial charge in [-0.05, 0) is 19.4 Å². The summed E-state index contributed by atoms with van der Waals surface area (Å²) >= 11 is 0. The Morgan fingerprint density at radius 2 is 1.53 bits per heavy atom. The van der Waals surface area contributed by atoms with E-state index in [9.17, 15) is 10.1 Å². The number of hydrogen-bond donors (Lipinski definition) is 0. The summed E-state index contributed by atoms with van der Waals surface area (Å²) in [5.74, 6) is 0. The Morgan fingerprint density at radius 1 is 1.07 bits per heavy atom. The highest BCUT2D eigenvalue weighted by Crippen LogP contribution is 2.36. The van der Waals surface area contributed by atoms with E-state index in [0.29, 0.717) is 0 Å². The van der Waals surface area contributed by atoms with Gasteiger partial charge in [-0.15, -0.1) is 0 Å². The van der Waals surface area contributed by atoms with Crippen LogP contribution >= 0.6 is 0 Å². The van der Waals surface area contributed by atoms with Crippen LogP contribution in [0.25, 0.3) is 0 Å². The maximum Gasteiger partial charge on any atom is 0.225 e. The molecule has 0 heterocycles. The van der Waals surface area contributed by atoms with Crippen molar-refractivity contribution in [1.82, 2.24) is 0 Å². The van der Waals surface area contributed by atoms with Crippen LogP contribution in [0.1, 0.15) is 33.3 Å². The number of nitro groups is 1. The van der Waals surface area contributed by atoms with Crippen molar-refractivity contribution in [3.63, 3.8) is 0 Å². The van der Waals surface area contributed by atoms with Gasteiger partial charge in [0.2, 0.25) is 5.54 Å². The van der Waals surface area contributed by atoms with E-state index in [1.165, 1.54) is 0 Å². The molecular formula is C12H17NO2. The molecule has 0 atom stereocenters. The van der Waals surface area contributed by atoms with E-state index in [2.05, 4.69) is 0 Å². The molecule has 3 heteroatoms. The van der Waals surface area contributed by atoms with E-state index >= 15 is 0 Å². The molecule has 3 nitrogen and oxygen atoms in total. The molecule has 0 unspecified atom stereocenters. The van der Waals surface area contributed by atoms with Gasteiger partial charge in [-0.25, -0.2) is 0 Å². The van der Waals surface area contributed by atoms with Gasteiger partial charge in [-0.2, -0.15) is 0 Å². The van der Waals surface area contributed by atoms with Gasteiger partial charge in [0, 0.05) is 18.8 Å². The van der Waals surface area contributed by atoms with Crippen molar-refractivity contribution < 1.29 is 4.92 Å². The van der Waals surface area contributed by atoms with E-state index < -0.39 is 11.0 Å². The number of hydrogen-bond acceptors (Lipinski definition) is 2. The van der Waals surface area contributed by atoms with E-state index in [1.54, 1.807) is 13.8 Å². The van der Waals surface area contributed by atoms with Gasteiger partial charge in [0.15, 0.2) is 0 Å². The second-order valence-corrected chi connectivity index (χ2v) is 4.81. The molecule has 0 aliphatic carbocycles. The lowest BCUT2D eigenvalue weighted by molar-refractivity contribution is -0.573. The third kappa shape index (κ3) is 1.87. The molecule has 0 aromatic heterocycles. The summed E-state index contributed by atoms with van der Waals surface area (Å²) in [5, 5.41) is 11.0. The van der Waals surface area contributed by atoms with Crippen LogP contribution in [0.2, 0.25) is 0 Å². The van der Waals surface area contributed by atoms with Crippen LogP contribution in [0.4, 0.5) is 0 Å². The molecule has 0 N–H and O–H groups in total. The van der Waals surface area contributed by atoms with Crippen molar-refractivity contribution in [1.29, 1.82) is 0 Å². The Bertz CT molecular complexity index is 355. The molecule has 0 saturated carbocycles. The van der Waals surface area contributed by atoms with Crippen LogP contribution in [0.15, 0.2) is 30.3 Å². The fourth-order valence-electron chi connectivity index (χ4n) is 1.44. The van der Waals surface area contributed by atoms with Crippen LogP contribution in [-0.4, -0.2) is 10.5 Å². The largest absolute Gasteiger partial charge is 0.264 e. The summed E-state index contributed by atoms with van der Waals surface area (Å²) in [4.78, 5) is 10.8. The zero-order valence-electron chi connectivity index (χ0n) is 9.65. The second-order valence-electron chi connectivity index (χ2n) is 4.81. The van der Waals surface area contributed by atoms with E-state index in [-0.39, 0.29) is 4.92 Å². The van der Waals surface area contributed by atoms with Crippen molar-refractivity contribution in [3.05, 3.63) is 46.0 Å². The fourth-order valence-corrected chi connectivity index (χ4v) is 1.44. The van der Waals surface area contributed by atoms with Crippen LogP contribution in [0.3, 0.4) is 0 Å². The summed E-state index contributed by atoms with van der Waals surface area (Å²) in [6.45, 7) is 7.15. The van der Waals surface area contributed by atoms with Crippen LogP contribution < -0.4 is 0 Å². The molecule has 0 radical (unpaired) electrons. The third-order valence-electron chi connectivity index (χ3n) is 3.48. The average molecular weight is 207 g/mol. The summed E-state index contributed by atoms with van der Waals surface area (Å²) in [6, 6.07) is 9.61. The minimum absolute atomic E-state index is 0.208. The number of rotatable bonds is 3. The van der Waals surface area contributed by atoms with Gasteiger partial charge >= 0.3 is 0 Å². The minimum Gasteiger partial charge on any atom is -0.264 e. The minimum atomic E-state index is -0.978. The molecule has 0 saturated heterocycles. The van der Waals surface area contributed by atoms with Gasteiger partial charge in [0.05, 0.1) is 5.41 Å². The highest BCUT2D eigenvalue weighted by atomic mass is 16.6. The average Bonchev–Trinajstić information content (AvgIpc) is 2.18. The predicted molar refractivity (Wildman–Crippen MR) is 60.5 cm³/mol. The molecule has 0 bridgehead atoms. The lowest BCUT2D eigenvalue weighted by Crippen LogP contribution is -2.48. The van der Waals surface area contributed by atoms with Gasteiger partial charge in [-0.1, -0.05) is 30.3 Å².